The minimum Gasteiger partial charge on any atom is -0.480 e. The van der Waals surface area contributed by atoms with Gasteiger partial charge in [0, 0.05) is 35.6 Å². The average molecular weight is 343 g/mol. The number of nitrogens with one attached hydrogen (secondary N) is 2. The molecule has 1 amide bonds. The van der Waals surface area contributed by atoms with Gasteiger partial charge in [0.25, 0.3) is 0 Å². The number of nitrogens with two attached hydrogens (primary N) is 1. The first-order valence-corrected chi connectivity index (χ1v) is 8.39. The number of aromatic nitrogens is 1. The van der Waals surface area contributed by atoms with E-state index in [1.165, 1.54) is 6.08 Å². The van der Waals surface area contributed by atoms with Crippen LogP contribution in [-0.4, -0.2) is 34.1 Å². The maximum absolute atomic E-state index is 12.0. The molecule has 2 rings (SSSR count). The van der Waals surface area contributed by atoms with E-state index in [1.54, 1.807) is 12.3 Å². The molecule has 2 atom stereocenters. The second-order valence-electron chi connectivity index (χ2n) is 6.62. The molecule has 0 unspecified atom stereocenters. The van der Waals surface area contributed by atoms with E-state index in [-0.39, 0.29) is 12.5 Å². The summed E-state index contributed by atoms with van der Waals surface area (Å²) in [5, 5.41) is 12.9. The number of benzene rings is 1. The third-order valence-corrected chi connectivity index (χ3v) is 3.95. The highest BCUT2D eigenvalue weighted by Crippen LogP contribution is 2.19. The zero-order valence-corrected chi connectivity index (χ0v) is 14.5. The van der Waals surface area contributed by atoms with Crippen LogP contribution in [0.2, 0.25) is 0 Å². The number of H-pyrrole nitrogens is 1. The van der Waals surface area contributed by atoms with Crippen molar-refractivity contribution in [3.63, 3.8) is 0 Å². The van der Waals surface area contributed by atoms with Gasteiger partial charge in [0.2, 0.25) is 5.91 Å². The number of carbonyl (C=O) groups is 2. The monoisotopic (exact) mass is 343 g/mol. The normalized spacial score (nSPS) is 14.1. The molecule has 0 saturated heterocycles. The largest absolute Gasteiger partial charge is 0.480 e. The molecular weight excluding hydrogens is 318 g/mol. The Bertz CT molecular complexity index is 764. The van der Waals surface area contributed by atoms with Crippen LogP contribution in [0.5, 0.6) is 0 Å². The van der Waals surface area contributed by atoms with Gasteiger partial charge in [-0.1, -0.05) is 38.1 Å². The van der Waals surface area contributed by atoms with E-state index in [1.807, 2.05) is 24.3 Å². The van der Waals surface area contributed by atoms with Crippen LogP contribution < -0.4 is 11.1 Å². The molecule has 5 N–H and O–H groups in total. The summed E-state index contributed by atoms with van der Waals surface area (Å²) < 4.78 is 0. The lowest BCUT2D eigenvalue weighted by Gasteiger charge is -2.13. The van der Waals surface area contributed by atoms with Gasteiger partial charge >= 0.3 is 5.97 Å². The van der Waals surface area contributed by atoms with Crippen LogP contribution in [-0.2, 0) is 16.0 Å². The molecule has 25 heavy (non-hydrogen) atoms. The van der Waals surface area contributed by atoms with Crippen LogP contribution in [0.3, 0.4) is 0 Å². The molecular formula is C19H25N3O3. The summed E-state index contributed by atoms with van der Waals surface area (Å²) in [5.74, 6) is -1.10. The van der Waals surface area contributed by atoms with E-state index in [0.29, 0.717) is 5.92 Å². The molecule has 0 aliphatic rings. The summed E-state index contributed by atoms with van der Waals surface area (Å²) in [5.41, 5.74) is 7.69. The van der Waals surface area contributed by atoms with Crippen LogP contribution in [0.4, 0.5) is 0 Å². The predicted octanol–water partition coefficient (Wildman–Crippen LogP) is 2.21. The number of carboxylic acid groups (broad SMARTS) is 1. The van der Waals surface area contributed by atoms with Gasteiger partial charge in [0.05, 0.1) is 0 Å². The molecule has 0 aliphatic carbocycles. The lowest BCUT2D eigenvalue weighted by Crippen LogP contribution is -2.41. The van der Waals surface area contributed by atoms with Gasteiger partial charge in [0.1, 0.15) is 6.04 Å². The highest BCUT2D eigenvalue weighted by atomic mass is 16.4. The van der Waals surface area contributed by atoms with Crippen molar-refractivity contribution in [1.82, 2.24) is 10.3 Å². The number of amides is 1. The summed E-state index contributed by atoms with van der Waals surface area (Å²) >= 11 is 0. The Balaban J connectivity index is 2.02. The number of hydrogen-bond acceptors (Lipinski definition) is 3. The van der Waals surface area contributed by atoms with Crippen molar-refractivity contribution in [1.29, 1.82) is 0 Å². The van der Waals surface area contributed by atoms with Crippen molar-refractivity contribution in [3.8, 4) is 0 Å². The summed E-state index contributed by atoms with van der Waals surface area (Å²) in [6.07, 6.45) is 5.68. The van der Waals surface area contributed by atoms with Gasteiger partial charge in [-0.3, -0.25) is 4.79 Å². The van der Waals surface area contributed by atoms with Gasteiger partial charge in [-0.15, -0.1) is 0 Å². The molecule has 0 spiro atoms. The Morgan fingerprint density at radius 1 is 1.32 bits per heavy atom. The van der Waals surface area contributed by atoms with Crippen molar-refractivity contribution in [2.45, 2.75) is 38.8 Å². The van der Waals surface area contributed by atoms with Gasteiger partial charge in [-0.05, 0) is 24.0 Å². The van der Waals surface area contributed by atoms with E-state index < -0.39 is 17.9 Å². The van der Waals surface area contributed by atoms with E-state index in [4.69, 9.17) is 5.73 Å². The van der Waals surface area contributed by atoms with E-state index in [0.717, 1.165) is 22.9 Å². The second kappa shape index (κ2) is 8.48. The lowest BCUT2D eigenvalue weighted by atomic mass is 10.0. The molecule has 6 heteroatoms. The highest BCUT2D eigenvalue weighted by Gasteiger charge is 2.21. The standard InChI is InChI=1S/C19H25N3O3/c1-12(2)9-14(20)7-8-18(23)22-17(19(24)25)10-13-11-21-16-6-4-3-5-15(13)16/h3-8,11-12,14,17,21H,9-10,20H2,1-2H3,(H,22,23)(H,24,25)/b8-7+/t14-,17-/m1/s1. The van der Waals surface area contributed by atoms with Crippen LogP contribution in [0.1, 0.15) is 25.8 Å². The van der Waals surface area contributed by atoms with Crippen molar-refractivity contribution >= 4 is 22.8 Å². The third kappa shape index (κ3) is 5.46. The summed E-state index contributed by atoms with van der Waals surface area (Å²) in [4.78, 5) is 26.6. The summed E-state index contributed by atoms with van der Waals surface area (Å²) in [6.45, 7) is 4.10. The maximum atomic E-state index is 12.0. The van der Waals surface area contributed by atoms with Gasteiger partial charge in [0.15, 0.2) is 0 Å². The molecule has 1 heterocycles. The number of rotatable bonds is 8. The fraction of sp³-hybridized carbons (Fsp3) is 0.368. The molecule has 0 fully saturated rings. The van der Waals surface area contributed by atoms with Crippen molar-refractivity contribution in [2.75, 3.05) is 0 Å². The molecule has 2 aromatic rings. The first-order chi connectivity index (χ1) is 11.9. The number of para-hydroxylation sites is 1. The van der Waals surface area contributed by atoms with Gasteiger partial charge in [-0.25, -0.2) is 4.79 Å². The summed E-state index contributed by atoms with van der Waals surface area (Å²) in [7, 11) is 0. The predicted molar refractivity (Wildman–Crippen MR) is 98.1 cm³/mol. The van der Waals surface area contributed by atoms with E-state index >= 15 is 0 Å². The molecule has 0 bridgehead atoms. The fourth-order valence-corrected chi connectivity index (χ4v) is 2.77. The number of aromatic amines is 1. The summed E-state index contributed by atoms with van der Waals surface area (Å²) in [6, 6.07) is 6.43. The topological polar surface area (TPSA) is 108 Å². The Labute approximate surface area is 147 Å². The molecule has 0 saturated carbocycles. The molecule has 1 aromatic carbocycles. The van der Waals surface area contributed by atoms with Crippen LogP contribution in [0.25, 0.3) is 10.9 Å². The zero-order valence-electron chi connectivity index (χ0n) is 14.5. The zero-order chi connectivity index (χ0) is 18.4. The Morgan fingerprint density at radius 3 is 2.72 bits per heavy atom. The fourth-order valence-electron chi connectivity index (χ4n) is 2.77. The second-order valence-corrected chi connectivity index (χ2v) is 6.62. The minimum absolute atomic E-state index is 0.205. The van der Waals surface area contributed by atoms with Crippen LogP contribution in [0.15, 0.2) is 42.6 Å². The smallest absolute Gasteiger partial charge is 0.326 e. The Kier molecular flexibility index (Phi) is 6.36. The van der Waals surface area contributed by atoms with Crippen molar-refractivity contribution in [3.05, 3.63) is 48.2 Å². The van der Waals surface area contributed by atoms with Crippen molar-refractivity contribution < 1.29 is 14.7 Å². The first kappa shape index (κ1) is 18.7. The lowest BCUT2D eigenvalue weighted by molar-refractivity contribution is -0.141. The number of aliphatic carboxylic acids is 1. The minimum atomic E-state index is -1.07. The first-order valence-electron chi connectivity index (χ1n) is 8.39. The number of carbonyl (C=O) groups excluding carboxylic acids is 1. The van der Waals surface area contributed by atoms with Crippen LogP contribution in [0, 0.1) is 5.92 Å². The van der Waals surface area contributed by atoms with E-state index in [2.05, 4.69) is 24.1 Å². The van der Waals surface area contributed by atoms with Crippen LogP contribution >= 0.6 is 0 Å². The number of hydrogen-bond donors (Lipinski definition) is 4. The molecule has 6 nitrogen and oxygen atoms in total. The molecule has 1 aromatic heterocycles. The number of carboxylic acids is 1. The van der Waals surface area contributed by atoms with Gasteiger partial charge in [-0.2, -0.15) is 0 Å². The Morgan fingerprint density at radius 2 is 2.04 bits per heavy atom. The average Bonchev–Trinajstić information content (AvgIpc) is 2.95. The van der Waals surface area contributed by atoms with Gasteiger partial charge < -0.3 is 21.1 Å². The van der Waals surface area contributed by atoms with Crippen molar-refractivity contribution in [2.24, 2.45) is 11.7 Å². The maximum Gasteiger partial charge on any atom is 0.326 e. The SMILES string of the molecule is CC(C)C[C@H](N)/C=C/C(=O)N[C@H](Cc1c[nH]c2ccccc12)C(=O)O. The number of fused-ring (bicyclic) bond motifs is 1. The molecule has 0 aliphatic heterocycles. The highest BCUT2D eigenvalue weighted by molar-refractivity contribution is 5.91. The molecule has 134 valence electrons. The quantitative estimate of drug-likeness (QED) is 0.551. The third-order valence-electron chi connectivity index (χ3n) is 3.95. The molecule has 0 radical (unpaired) electrons. The van der Waals surface area contributed by atoms with E-state index in [9.17, 15) is 14.7 Å². The Hall–Kier alpha value is -2.60.